The van der Waals surface area contributed by atoms with Gasteiger partial charge in [-0.2, -0.15) is 0 Å². The molecule has 0 aliphatic carbocycles. The zero-order valence-corrected chi connectivity index (χ0v) is 11.9. The molecule has 2 aromatic carbocycles. The SMILES string of the molecule is Cc1cc(CCN)cc(C)c1OCc1ccccc1F. The summed E-state index contributed by atoms with van der Waals surface area (Å²) in [5.41, 5.74) is 9.47. The lowest BCUT2D eigenvalue weighted by atomic mass is 10.0. The van der Waals surface area contributed by atoms with Crippen molar-refractivity contribution < 1.29 is 9.13 Å². The fourth-order valence-corrected chi connectivity index (χ4v) is 2.34. The van der Waals surface area contributed by atoms with Crippen molar-refractivity contribution in [2.75, 3.05) is 6.54 Å². The third-order valence-electron chi connectivity index (χ3n) is 3.28. The van der Waals surface area contributed by atoms with Gasteiger partial charge in [0.1, 0.15) is 18.2 Å². The maximum absolute atomic E-state index is 13.6. The molecule has 0 aliphatic rings. The minimum absolute atomic E-state index is 0.234. The van der Waals surface area contributed by atoms with Crippen LogP contribution in [0.3, 0.4) is 0 Å². The Morgan fingerprint density at radius 1 is 1.10 bits per heavy atom. The molecule has 0 unspecified atom stereocenters. The zero-order valence-electron chi connectivity index (χ0n) is 11.9. The Morgan fingerprint density at radius 3 is 2.35 bits per heavy atom. The third kappa shape index (κ3) is 3.36. The van der Waals surface area contributed by atoms with Crippen molar-refractivity contribution in [1.29, 1.82) is 0 Å². The molecule has 0 aromatic heterocycles. The maximum Gasteiger partial charge on any atom is 0.129 e. The van der Waals surface area contributed by atoms with E-state index >= 15 is 0 Å². The molecule has 3 heteroatoms. The minimum Gasteiger partial charge on any atom is -0.488 e. The maximum atomic E-state index is 13.6. The summed E-state index contributed by atoms with van der Waals surface area (Å²) in [4.78, 5) is 0. The molecule has 2 N–H and O–H groups in total. The van der Waals surface area contributed by atoms with Gasteiger partial charge < -0.3 is 10.5 Å². The second-order valence-corrected chi connectivity index (χ2v) is 4.98. The molecule has 0 fully saturated rings. The summed E-state index contributed by atoms with van der Waals surface area (Å²) in [6.07, 6.45) is 0.856. The molecule has 0 radical (unpaired) electrons. The summed E-state index contributed by atoms with van der Waals surface area (Å²) in [6.45, 7) is 4.88. The average molecular weight is 273 g/mol. The summed E-state index contributed by atoms with van der Waals surface area (Å²) in [6, 6.07) is 10.8. The predicted molar refractivity (Wildman–Crippen MR) is 79.4 cm³/mol. The Bertz CT molecular complexity index is 572. The number of hydrogen-bond donors (Lipinski definition) is 1. The van der Waals surface area contributed by atoms with Crippen molar-refractivity contribution in [3.8, 4) is 5.75 Å². The van der Waals surface area contributed by atoms with Gasteiger partial charge in [0.05, 0.1) is 0 Å². The van der Waals surface area contributed by atoms with Crippen LogP contribution in [-0.2, 0) is 13.0 Å². The van der Waals surface area contributed by atoms with E-state index in [0.717, 1.165) is 23.3 Å². The van der Waals surface area contributed by atoms with Crippen molar-refractivity contribution in [3.05, 3.63) is 64.5 Å². The minimum atomic E-state index is -0.234. The first-order chi connectivity index (χ1) is 9.61. The number of aryl methyl sites for hydroxylation is 2. The Labute approximate surface area is 119 Å². The summed E-state index contributed by atoms with van der Waals surface area (Å²) in [7, 11) is 0. The fourth-order valence-electron chi connectivity index (χ4n) is 2.34. The quantitative estimate of drug-likeness (QED) is 0.904. The molecular formula is C17H20FNO. The number of hydrogen-bond acceptors (Lipinski definition) is 2. The van der Waals surface area contributed by atoms with Gasteiger partial charge in [0, 0.05) is 5.56 Å². The molecule has 0 spiro atoms. The molecule has 0 heterocycles. The van der Waals surface area contributed by atoms with Crippen molar-refractivity contribution in [1.82, 2.24) is 0 Å². The van der Waals surface area contributed by atoms with E-state index in [4.69, 9.17) is 10.5 Å². The third-order valence-corrected chi connectivity index (χ3v) is 3.28. The van der Waals surface area contributed by atoms with E-state index < -0.39 is 0 Å². The van der Waals surface area contributed by atoms with Gasteiger partial charge in [0.2, 0.25) is 0 Å². The highest BCUT2D eigenvalue weighted by Gasteiger charge is 2.08. The molecule has 0 saturated carbocycles. The smallest absolute Gasteiger partial charge is 0.129 e. The van der Waals surface area contributed by atoms with Crippen molar-refractivity contribution in [3.63, 3.8) is 0 Å². The Morgan fingerprint density at radius 2 is 1.75 bits per heavy atom. The van der Waals surface area contributed by atoms with Crippen molar-refractivity contribution in [2.24, 2.45) is 5.73 Å². The molecule has 2 rings (SSSR count). The molecule has 0 amide bonds. The zero-order chi connectivity index (χ0) is 14.5. The first kappa shape index (κ1) is 14.5. The molecular weight excluding hydrogens is 253 g/mol. The van der Waals surface area contributed by atoms with Crippen molar-refractivity contribution >= 4 is 0 Å². The van der Waals surface area contributed by atoms with E-state index in [-0.39, 0.29) is 12.4 Å². The monoisotopic (exact) mass is 273 g/mol. The Balaban J connectivity index is 2.16. The molecule has 0 atom stereocenters. The summed E-state index contributed by atoms with van der Waals surface area (Å²) < 4.78 is 19.4. The van der Waals surface area contributed by atoms with Crippen LogP contribution in [0.25, 0.3) is 0 Å². The first-order valence-corrected chi connectivity index (χ1v) is 6.78. The first-order valence-electron chi connectivity index (χ1n) is 6.78. The van der Waals surface area contributed by atoms with Crippen LogP contribution in [0, 0.1) is 19.7 Å². The summed E-state index contributed by atoms with van der Waals surface area (Å²) >= 11 is 0. The van der Waals surface area contributed by atoms with Crippen LogP contribution in [0.15, 0.2) is 36.4 Å². The van der Waals surface area contributed by atoms with E-state index in [9.17, 15) is 4.39 Å². The van der Waals surface area contributed by atoms with Gasteiger partial charge in [-0.3, -0.25) is 0 Å². The van der Waals surface area contributed by atoms with E-state index in [2.05, 4.69) is 12.1 Å². The van der Waals surface area contributed by atoms with Crippen LogP contribution in [0.1, 0.15) is 22.3 Å². The van der Waals surface area contributed by atoms with Crippen LogP contribution in [0.2, 0.25) is 0 Å². The van der Waals surface area contributed by atoms with Crippen LogP contribution >= 0.6 is 0 Å². The number of halogens is 1. The largest absolute Gasteiger partial charge is 0.488 e. The number of nitrogens with two attached hydrogens (primary N) is 1. The lowest BCUT2D eigenvalue weighted by Gasteiger charge is -2.14. The van der Waals surface area contributed by atoms with Crippen LogP contribution in [0.4, 0.5) is 4.39 Å². The second kappa shape index (κ2) is 6.53. The van der Waals surface area contributed by atoms with Gasteiger partial charge in [-0.15, -0.1) is 0 Å². The van der Waals surface area contributed by atoms with Gasteiger partial charge in [-0.1, -0.05) is 30.3 Å². The standard InChI is InChI=1S/C17H20FNO/c1-12-9-14(7-8-19)10-13(2)17(12)20-11-15-5-3-4-6-16(15)18/h3-6,9-10H,7-8,11,19H2,1-2H3. The van der Waals surface area contributed by atoms with Gasteiger partial charge in [0.15, 0.2) is 0 Å². The van der Waals surface area contributed by atoms with Gasteiger partial charge >= 0.3 is 0 Å². The highest BCUT2D eigenvalue weighted by atomic mass is 19.1. The molecule has 0 bridgehead atoms. The molecule has 2 aromatic rings. The van der Waals surface area contributed by atoms with Gasteiger partial charge in [0.25, 0.3) is 0 Å². The number of benzene rings is 2. The second-order valence-electron chi connectivity index (χ2n) is 4.98. The highest BCUT2D eigenvalue weighted by molar-refractivity contribution is 5.43. The van der Waals surface area contributed by atoms with Crippen LogP contribution < -0.4 is 10.5 Å². The average Bonchev–Trinajstić information content (AvgIpc) is 2.40. The molecule has 0 aliphatic heterocycles. The van der Waals surface area contributed by atoms with E-state index in [1.54, 1.807) is 12.1 Å². The number of ether oxygens (including phenoxy) is 1. The lowest BCUT2D eigenvalue weighted by molar-refractivity contribution is 0.295. The fraction of sp³-hybridized carbons (Fsp3) is 0.294. The Kier molecular flexibility index (Phi) is 4.74. The van der Waals surface area contributed by atoms with Gasteiger partial charge in [-0.05, 0) is 49.6 Å². The molecule has 106 valence electrons. The molecule has 0 saturated heterocycles. The van der Waals surface area contributed by atoms with Crippen LogP contribution in [-0.4, -0.2) is 6.54 Å². The summed E-state index contributed by atoms with van der Waals surface area (Å²) in [5.74, 6) is 0.594. The highest BCUT2D eigenvalue weighted by Crippen LogP contribution is 2.26. The number of rotatable bonds is 5. The normalized spacial score (nSPS) is 10.6. The Hall–Kier alpha value is -1.87. The molecule has 20 heavy (non-hydrogen) atoms. The van der Waals surface area contributed by atoms with E-state index in [1.807, 2.05) is 19.9 Å². The van der Waals surface area contributed by atoms with E-state index in [1.165, 1.54) is 11.6 Å². The van der Waals surface area contributed by atoms with Gasteiger partial charge in [-0.25, -0.2) is 4.39 Å². The predicted octanol–water partition coefficient (Wildman–Crippen LogP) is 3.52. The van der Waals surface area contributed by atoms with Crippen LogP contribution in [0.5, 0.6) is 5.75 Å². The molecule has 2 nitrogen and oxygen atoms in total. The summed E-state index contributed by atoms with van der Waals surface area (Å²) in [5, 5.41) is 0. The van der Waals surface area contributed by atoms with E-state index in [0.29, 0.717) is 12.1 Å². The lowest BCUT2D eigenvalue weighted by Crippen LogP contribution is -2.05. The topological polar surface area (TPSA) is 35.2 Å². The van der Waals surface area contributed by atoms with Crippen molar-refractivity contribution in [2.45, 2.75) is 26.9 Å².